The number of nitrogens with two attached hydrogens (primary N) is 1. The summed E-state index contributed by atoms with van der Waals surface area (Å²) in [5, 5.41) is 10.9. The van der Waals surface area contributed by atoms with Crippen molar-refractivity contribution in [3.63, 3.8) is 0 Å². The number of aliphatic hydroxyl groups is 1. The molecule has 0 spiro atoms. The molecule has 0 unspecified atom stereocenters. The van der Waals surface area contributed by atoms with Crippen molar-refractivity contribution in [2.45, 2.75) is 18.6 Å². The zero-order valence-electron chi connectivity index (χ0n) is 12.1. The normalized spacial score (nSPS) is 21.3. The van der Waals surface area contributed by atoms with Crippen LogP contribution in [-0.4, -0.2) is 60.1 Å². The molecule has 0 saturated carbocycles. The summed E-state index contributed by atoms with van der Waals surface area (Å²) in [4.78, 5) is 16.6. The molecule has 0 aromatic heterocycles. The van der Waals surface area contributed by atoms with Gasteiger partial charge < -0.3 is 20.6 Å². The molecule has 1 aromatic carbocycles. The van der Waals surface area contributed by atoms with Gasteiger partial charge in [-0.2, -0.15) is 0 Å². The maximum absolute atomic E-state index is 12.7. The molecular weight excluding hydrogens is 254 g/mol. The van der Waals surface area contributed by atoms with Crippen molar-refractivity contribution in [1.82, 2.24) is 9.80 Å². The molecule has 5 heteroatoms. The second-order valence-corrected chi connectivity index (χ2v) is 5.52. The van der Waals surface area contributed by atoms with Crippen molar-refractivity contribution in [3.05, 3.63) is 35.9 Å². The van der Waals surface area contributed by atoms with Gasteiger partial charge >= 0.3 is 0 Å². The Morgan fingerprint density at radius 3 is 2.30 bits per heavy atom. The lowest BCUT2D eigenvalue weighted by Crippen LogP contribution is -2.59. The number of benzene rings is 1. The van der Waals surface area contributed by atoms with E-state index in [0.717, 1.165) is 13.1 Å². The number of piperazine rings is 1. The van der Waals surface area contributed by atoms with Crippen LogP contribution in [0.5, 0.6) is 0 Å². The van der Waals surface area contributed by atoms with Crippen LogP contribution in [0, 0.1) is 0 Å². The summed E-state index contributed by atoms with van der Waals surface area (Å²) in [7, 11) is 2.02. The Morgan fingerprint density at radius 1 is 1.25 bits per heavy atom. The van der Waals surface area contributed by atoms with Gasteiger partial charge in [-0.3, -0.25) is 4.79 Å². The van der Waals surface area contributed by atoms with Gasteiger partial charge in [-0.05, 0) is 19.5 Å². The van der Waals surface area contributed by atoms with Gasteiger partial charge in [0.05, 0.1) is 0 Å². The van der Waals surface area contributed by atoms with Crippen molar-refractivity contribution in [2.75, 3.05) is 33.2 Å². The number of hydrogen-bond acceptors (Lipinski definition) is 4. The van der Waals surface area contributed by atoms with Gasteiger partial charge in [0, 0.05) is 32.2 Å². The predicted octanol–water partition coefficient (Wildman–Crippen LogP) is -0.00460. The molecule has 1 heterocycles. The Bertz CT molecular complexity index is 455. The first kappa shape index (κ1) is 15.0. The summed E-state index contributed by atoms with van der Waals surface area (Å²) in [6.45, 7) is 4.54. The van der Waals surface area contributed by atoms with E-state index < -0.39 is 11.6 Å². The van der Waals surface area contributed by atoms with Gasteiger partial charge in [0.15, 0.2) is 5.60 Å². The minimum atomic E-state index is -1.66. The van der Waals surface area contributed by atoms with Crippen LogP contribution in [0.25, 0.3) is 0 Å². The van der Waals surface area contributed by atoms with Crippen LogP contribution in [0.15, 0.2) is 30.3 Å². The molecule has 1 aliphatic heterocycles. The Balaban J connectivity index is 2.27. The zero-order valence-corrected chi connectivity index (χ0v) is 12.1. The molecule has 0 aliphatic carbocycles. The first-order valence-electron chi connectivity index (χ1n) is 6.97. The highest BCUT2D eigenvalue weighted by molar-refractivity contribution is 5.87. The average molecular weight is 277 g/mol. The van der Waals surface area contributed by atoms with Crippen LogP contribution in [-0.2, 0) is 10.4 Å². The van der Waals surface area contributed by atoms with E-state index in [1.165, 1.54) is 0 Å². The monoisotopic (exact) mass is 277 g/mol. The van der Waals surface area contributed by atoms with E-state index in [0.29, 0.717) is 18.7 Å². The van der Waals surface area contributed by atoms with Crippen molar-refractivity contribution < 1.29 is 9.90 Å². The van der Waals surface area contributed by atoms with Crippen LogP contribution in [0.2, 0.25) is 0 Å². The number of carbonyl (C=O) groups is 1. The fraction of sp³-hybridized carbons (Fsp3) is 0.533. The van der Waals surface area contributed by atoms with Crippen molar-refractivity contribution in [2.24, 2.45) is 5.73 Å². The summed E-state index contributed by atoms with van der Waals surface area (Å²) in [6.07, 6.45) is 0. The molecule has 3 N–H and O–H groups in total. The maximum Gasteiger partial charge on any atom is 0.260 e. The van der Waals surface area contributed by atoms with E-state index in [2.05, 4.69) is 4.90 Å². The van der Waals surface area contributed by atoms with Crippen molar-refractivity contribution >= 4 is 5.91 Å². The lowest BCUT2D eigenvalue weighted by molar-refractivity contribution is -0.156. The van der Waals surface area contributed by atoms with E-state index in [1.54, 1.807) is 36.1 Å². The minimum Gasteiger partial charge on any atom is -0.374 e. The summed E-state index contributed by atoms with van der Waals surface area (Å²) in [6, 6.07) is 8.29. The standard InChI is InChI=1S/C15H23N3O2/c1-12(16)15(20,13-6-4-3-5-7-13)14(19)18-10-8-17(2)9-11-18/h3-7,12,20H,8-11,16H2,1-2H3/t12-,15-/m0/s1. The number of nitrogens with zero attached hydrogens (tertiary/aromatic N) is 2. The predicted molar refractivity (Wildman–Crippen MR) is 78.1 cm³/mol. The molecule has 0 radical (unpaired) electrons. The van der Waals surface area contributed by atoms with Gasteiger partial charge in [0.25, 0.3) is 5.91 Å². The first-order valence-corrected chi connectivity index (χ1v) is 6.97. The highest BCUT2D eigenvalue weighted by Crippen LogP contribution is 2.27. The Kier molecular flexibility index (Phi) is 4.42. The Hall–Kier alpha value is -1.43. The summed E-state index contributed by atoms with van der Waals surface area (Å²) < 4.78 is 0. The Labute approximate surface area is 120 Å². The van der Waals surface area contributed by atoms with Crippen molar-refractivity contribution in [3.8, 4) is 0 Å². The molecule has 0 bridgehead atoms. The second kappa shape index (κ2) is 5.91. The molecule has 1 aromatic rings. The quantitative estimate of drug-likeness (QED) is 0.815. The molecule has 1 amide bonds. The lowest BCUT2D eigenvalue weighted by Gasteiger charge is -2.39. The molecule has 20 heavy (non-hydrogen) atoms. The largest absolute Gasteiger partial charge is 0.374 e. The number of amides is 1. The van der Waals surface area contributed by atoms with Crippen LogP contribution in [0.4, 0.5) is 0 Å². The molecule has 2 rings (SSSR count). The smallest absolute Gasteiger partial charge is 0.260 e. The van der Waals surface area contributed by atoms with E-state index in [1.807, 2.05) is 13.1 Å². The van der Waals surface area contributed by atoms with Gasteiger partial charge in [0.1, 0.15) is 0 Å². The van der Waals surface area contributed by atoms with Gasteiger partial charge in [0.2, 0.25) is 0 Å². The van der Waals surface area contributed by atoms with Crippen LogP contribution in [0.1, 0.15) is 12.5 Å². The zero-order chi connectivity index (χ0) is 14.8. The fourth-order valence-corrected chi connectivity index (χ4v) is 2.52. The van der Waals surface area contributed by atoms with Gasteiger partial charge in [-0.1, -0.05) is 30.3 Å². The van der Waals surface area contributed by atoms with E-state index >= 15 is 0 Å². The highest BCUT2D eigenvalue weighted by Gasteiger charge is 2.44. The summed E-state index contributed by atoms with van der Waals surface area (Å²) in [5.74, 6) is -0.299. The maximum atomic E-state index is 12.7. The molecule has 2 atom stereocenters. The van der Waals surface area contributed by atoms with Gasteiger partial charge in [-0.25, -0.2) is 0 Å². The average Bonchev–Trinajstić information content (AvgIpc) is 2.47. The van der Waals surface area contributed by atoms with Crippen molar-refractivity contribution in [1.29, 1.82) is 0 Å². The molecule has 110 valence electrons. The van der Waals surface area contributed by atoms with Crippen LogP contribution < -0.4 is 5.73 Å². The highest BCUT2D eigenvalue weighted by atomic mass is 16.3. The number of likely N-dealkylation sites (N-methyl/N-ethyl adjacent to an activating group) is 1. The molecule has 1 fully saturated rings. The number of hydrogen-bond donors (Lipinski definition) is 2. The van der Waals surface area contributed by atoms with Gasteiger partial charge in [-0.15, -0.1) is 0 Å². The lowest BCUT2D eigenvalue weighted by atomic mass is 9.86. The molecular formula is C15H23N3O2. The first-order chi connectivity index (χ1) is 9.46. The minimum absolute atomic E-state index is 0.299. The summed E-state index contributed by atoms with van der Waals surface area (Å²) in [5.41, 5.74) is 4.83. The third kappa shape index (κ3) is 2.70. The number of rotatable bonds is 3. The molecule has 5 nitrogen and oxygen atoms in total. The second-order valence-electron chi connectivity index (χ2n) is 5.52. The Morgan fingerprint density at radius 2 is 1.80 bits per heavy atom. The molecule has 1 aliphatic rings. The van der Waals surface area contributed by atoms with Crippen LogP contribution in [0.3, 0.4) is 0 Å². The van der Waals surface area contributed by atoms with E-state index in [9.17, 15) is 9.90 Å². The summed E-state index contributed by atoms with van der Waals surface area (Å²) >= 11 is 0. The topological polar surface area (TPSA) is 69.8 Å². The third-order valence-electron chi connectivity index (χ3n) is 3.99. The fourth-order valence-electron chi connectivity index (χ4n) is 2.52. The third-order valence-corrected chi connectivity index (χ3v) is 3.99. The van der Waals surface area contributed by atoms with E-state index in [4.69, 9.17) is 5.73 Å². The molecule has 1 saturated heterocycles. The number of carbonyl (C=O) groups excluding carboxylic acids is 1. The van der Waals surface area contributed by atoms with E-state index in [-0.39, 0.29) is 5.91 Å². The van der Waals surface area contributed by atoms with Crippen LogP contribution >= 0.6 is 0 Å². The SMILES string of the molecule is C[C@H](N)[C@@](O)(C(=O)N1CCN(C)CC1)c1ccccc1.